The van der Waals surface area contributed by atoms with E-state index < -0.39 is 11.9 Å². The van der Waals surface area contributed by atoms with Crippen LogP contribution in [0, 0.1) is 0 Å². The highest BCUT2D eigenvalue weighted by atomic mass is 32.2. The maximum Gasteiger partial charge on any atom is 0.414 e. The third kappa shape index (κ3) is 6.07. The Bertz CT molecular complexity index is 840. The topological polar surface area (TPSA) is 90.3 Å². The molecule has 0 saturated carbocycles. The number of nitrogens with zero attached hydrogens (tertiary/aromatic N) is 2. The Morgan fingerprint density at radius 1 is 0.968 bits per heavy atom. The fraction of sp³-hybridized carbons (Fsp3) is 0.391. The van der Waals surface area contributed by atoms with Crippen molar-refractivity contribution in [1.29, 1.82) is 0 Å². The molecule has 8 heteroatoms. The van der Waals surface area contributed by atoms with E-state index >= 15 is 0 Å². The molecule has 7 nitrogen and oxygen atoms in total. The molecule has 1 atom stereocenters. The summed E-state index contributed by atoms with van der Waals surface area (Å²) in [5, 5.41) is 14.8. The van der Waals surface area contributed by atoms with Gasteiger partial charge in [0.15, 0.2) is 0 Å². The second-order valence-electron chi connectivity index (χ2n) is 7.41. The van der Waals surface area contributed by atoms with Crippen LogP contribution < -0.4 is 0 Å². The van der Waals surface area contributed by atoms with E-state index in [1.807, 2.05) is 11.8 Å². The molecule has 2 N–H and O–H groups in total. The van der Waals surface area contributed by atoms with Crippen LogP contribution in [0.1, 0.15) is 22.7 Å². The van der Waals surface area contributed by atoms with Crippen molar-refractivity contribution < 1.29 is 24.5 Å². The number of aliphatic carboxylic acids is 2. The Hall–Kier alpha value is -2.39. The highest BCUT2D eigenvalue weighted by molar-refractivity contribution is 7.98. The van der Waals surface area contributed by atoms with Gasteiger partial charge in [-0.3, -0.25) is 9.80 Å². The molecule has 1 unspecified atom stereocenters. The lowest BCUT2D eigenvalue weighted by Crippen LogP contribution is -2.48. The molecule has 1 saturated heterocycles. The lowest BCUT2D eigenvalue weighted by molar-refractivity contribution is -0.159. The molecule has 4 rings (SSSR count). The Balaban J connectivity index is 0.000000401. The summed E-state index contributed by atoms with van der Waals surface area (Å²) in [7, 11) is 1.79. The Morgan fingerprint density at radius 3 is 2.23 bits per heavy atom. The second kappa shape index (κ2) is 11.3. The van der Waals surface area contributed by atoms with Gasteiger partial charge in [-0.05, 0) is 22.8 Å². The molecule has 1 fully saturated rings. The van der Waals surface area contributed by atoms with E-state index in [0.717, 1.165) is 45.1 Å². The van der Waals surface area contributed by atoms with Crippen LogP contribution >= 0.6 is 11.8 Å². The second-order valence-corrected chi connectivity index (χ2v) is 8.43. The van der Waals surface area contributed by atoms with Gasteiger partial charge in [0.2, 0.25) is 0 Å². The summed E-state index contributed by atoms with van der Waals surface area (Å²) in [6.07, 6.45) is 0. The van der Waals surface area contributed by atoms with Crippen molar-refractivity contribution in [3.63, 3.8) is 0 Å². The molecule has 2 aliphatic heterocycles. The number of piperazine rings is 1. The van der Waals surface area contributed by atoms with Crippen LogP contribution in [0.15, 0.2) is 53.4 Å². The van der Waals surface area contributed by atoms with Gasteiger partial charge in [0.1, 0.15) is 0 Å². The van der Waals surface area contributed by atoms with Crippen molar-refractivity contribution in [3.05, 3.63) is 65.2 Å². The molecular weight excluding hydrogens is 416 g/mol. The number of hydrogen-bond donors (Lipinski definition) is 2. The van der Waals surface area contributed by atoms with Gasteiger partial charge in [-0.2, -0.15) is 0 Å². The minimum absolute atomic E-state index is 0.381. The average Bonchev–Trinajstić information content (AvgIpc) is 2.95. The van der Waals surface area contributed by atoms with Crippen molar-refractivity contribution >= 4 is 23.7 Å². The molecule has 0 bridgehead atoms. The van der Waals surface area contributed by atoms with Gasteiger partial charge >= 0.3 is 11.9 Å². The van der Waals surface area contributed by atoms with Gasteiger partial charge in [-0.15, -0.1) is 11.8 Å². The zero-order valence-corrected chi connectivity index (χ0v) is 18.4. The highest BCUT2D eigenvalue weighted by Crippen LogP contribution is 2.42. The number of carbonyl (C=O) groups is 2. The predicted molar refractivity (Wildman–Crippen MR) is 119 cm³/mol. The largest absolute Gasteiger partial charge is 0.473 e. The lowest BCUT2D eigenvalue weighted by Gasteiger charge is -2.40. The molecular formula is C23H28N2O5S. The Morgan fingerprint density at radius 2 is 1.58 bits per heavy atom. The zero-order valence-electron chi connectivity index (χ0n) is 17.6. The number of hydrogen-bond acceptors (Lipinski definition) is 6. The van der Waals surface area contributed by atoms with E-state index in [2.05, 4.69) is 58.3 Å². The summed E-state index contributed by atoms with van der Waals surface area (Å²) >= 11 is 1.98. The molecule has 2 aliphatic rings. The van der Waals surface area contributed by atoms with Crippen molar-refractivity contribution in [2.24, 2.45) is 0 Å². The van der Waals surface area contributed by atoms with Crippen molar-refractivity contribution in [2.75, 3.05) is 46.4 Å². The average molecular weight is 445 g/mol. The van der Waals surface area contributed by atoms with Crippen molar-refractivity contribution in [1.82, 2.24) is 9.80 Å². The maximum atomic E-state index is 9.10. The van der Waals surface area contributed by atoms with Crippen LogP contribution in [0.25, 0.3) is 0 Å². The van der Waals surface area contributed by atoms with Gasteiger partial charge in [-0.25, -0.2) is 9.59 Å². The zero-order chi connectivity index (χ0) is 22.2. The molecule has 0 aliphatic carbocycles. The maximum absolute atomic E-state index is 9.10. The number of rotatable bonds is 4. The predicted octanol–water partition coefficient (Wildman–Crippen LogP) is 2.80. The molecule has 166 valence electrons. The van der Waals surface area contributed by atoms with Crippen LogP contribution in [-0.2, 0) is 20.1 Å². The summed E-state index contributed by atoms with van der Waals surface area (Å²) in [6.45, 7) is 6.34. The third-order valence-electron chi connectivity index (χ3n) is 5.51. The first-order valence-electron chi connectivity index (χ1n) is 10.2. The van der Waals surface area contributed by atoms with Gasteiger partial charge in [0.05, 0.1) is 12.6 Å². The van der Waals surface area contributed by atoms with E-state index in [4.69, 9.17) is 24.5 Å². The van der Waals surface area contributed by atoms with Crippen LogP contribution in [0.2, 0.25) is 0 Å². The Labute approximate surface area is 186 Å². The van der Waals surface area contributed by atoms with Gasteiger partial charge in [0.25, 0.3) is 0 Å². The fourth-order valence-corrected chi connectivity index (χ4v) is 5.05. The molecule has 0 amide bonds. The molecule has 0 spiro atoms. The van der Waals surface area contributed by atoms with Crippen LogP contribution in [0.3, 0.4) is 0 Å². The number of thioether (sulfide) groups is 1. The van der Waals surface area contributed by atoms with Crippen molar-refractivity contribution in [3.8, 4) is 0 Å². The first-order valence-corrected chi connectivity index (χ1v) is 11.2. The summed E-state index contributed by atoms with van der Waals surface area (Å²) in [5.41, 5.74) is 4.45. The van der Waals surface area contributed by atoms with Gasteiger partial charge in [-0.1, -0.05) is 42.5 Å². The fourth-order valence-electron chi connectivity index (χ4n) is 3.95. The monoisotopic (exact) mass is 444 g/mol. The lowest BCUT2D eigenvalue weighted by atomic mass is 9.93. The van der Waals surface area contributed by atoms with E-state index in [-0.39, 0.29) is 0 Å². The SMILES string of the molecule is COCCN1CCN(C2c3ccccc3CSc3ccccc32)CC1.O=C(O)C(=O)O. The first-order chi connectivity index (χ1) is 15.0. The molecule has 31 heavy (non-hydrogen) atoms. The number of carboxylic acids is 2. The van der Waals surface area contributed by atoms with Crippen LogP contribution in [-0.4, -0.2) is 78.4 Å². The number of fused-ring (bicyclic) bond motifs is 2. The summed E-state index contributed by atoms with van der Waals surface area (Å²) in [6, 6.07) is 18.4. The summed E-state index contributed by atoms with van der Waals surface area (Å²) in [4.78, 5) is 24.8. The quantitative estimate of drug-likeness (QED) is 0.696. The highest BCUT2D eigenvalue weighted by Gasteiger charge is 2.30. The molecule has 0 radical (unpaired) electrons. The van der Waals surface area contributed by atoms with Gasteiger partial charge in [0, 0.05) is 50.5 Å². The number of benzene rings is 2. The van der Waals surface area contributed by atoms with Crippen LogP contribution in [0.4, 0.5) is 0 Å². The standard InChI is InChI=1S/C21H26N2OS.C2H2O4/c1-24-15-14-22-10-12-23(13-11-22)21-18-7-3-2-6-17(18)16-25-20-9-5-4-8-19(20)21;3-1(4)2(5)6/h2-9,21H,10-16H2,1H3;(H,3,4)(H,5,6). The molecule has 0 aromatic heterocycles. The summed E-state index contributed by atoms with van der Waals surface area (Å²) < 4.78 is 5.24. The molecule has 2 aromatic rings. The smallest absolute Gasteiger partial charge is 0.414 e. The Kier molecular flexibility index (Phi) is 8.48. The van der Waals surface area contributed by atoms with E-state index in [0.29, 0.717) is 6.04 Å². The van der Waals surface area contributed by atoms with Gasteiger partial charge < -0.3 is 14.9 Å². The number of carboxylic acid groups (broad SMARTS) is 2. The normalized spacial score (nSPS) is 18.7. The molecule has 2 heterocycles. The number of methoxy groups -OCH3 is 1. The van der Waals surface area contributed by atoms with E-state index in [9.17, 15) is 0 Å². The van der Waals surface area contributed by atoms with Crippen LogP contribution in [0.5, 0.6) is 0 Å². The first kappa shape index (κ1) is 23.3. The van der Waals surface area contributed by atoms with E-state index in [1.54, 1.807) is 7.11 Å². The third-order valence-corrected chi connectivity index (χ3v) is 6.65. The van der Waals surface area contributed by atoms with E-state index in [1.165, 1.54) is 21.6 Å². The minimum atomic E-state index is -1.82. The molecule has 2 aromatic carbocycles. The minimum Gasteiger partial charge on any atom is -0.473 e. The number of ether oxygens (including phenoxy) is 1. The summed E-state index contributed by atoms with van der Waals surface area (Å²) in [5.74, 6) is -2.58. The van der Waals surface area contributed by atoms with Crippen molar-refractivity contribution in [2.45, 2.75) is 16.7 Å².